The molecule has 0 saturated heterocycles. The van der Waals surface area contributed by atoms with E-state index >= 15 is 0 Å². The number of fused-ring (bicyclic) bond motifs is 10. The lowest BCUT2D eigenvalue weighted by Crippen LogP contribution is -2.32. The van der Waals surface area contributed by atoms with Crippen LogP contribution in [0.2, 0.25) is 0 Å². The molecule has 69 heavy (non-hydrogen) atoms. The van der Waals surface area contributed by atoms with Crippen LogP contribution in [-0.2, 0) is 5.41 Å². The molecule has 0 aliphatic carbocycles. The van der Waals surface area contributed by atoms with Gasteiger partial charge in [-0.2, -0.15) is 0 Å². The highest BCUT2D eigenvalue weighted by atomic mass is 16.5. The summed E-state index contributed by atoms with van der Waals surface area (Å²) in [7, 11) is 0. The fraction of sp³-hybridized carbons (Fsp3) is 0.0625. The fourth-order valence-electron chi connectivity index (χ4n) is 9.71. The van der Waals surface area contributed by atoms with Gasteiger partial charge < -0.3 is 4.74 Å². The van der Waals surface area contributed by atoms with Gasteiger partial charge in [0.1, 0.15) is 17.3 Å². The van der Waals surface area contributed by atoms with Crippen molar-refractivity contribution in [3.05, 3.63) is 236 Å². The SMILES string of the molecule is [2H]c1c([2H])c([2H])c(-c2ccc(-c3c([2H])c([2H])c([2H])c([2H])c3[2H])c3c2-c2c([2H])c([2H])c([2H])c([2H])c2-c2ccccc2-c2cccc4c2[n+]-3[c-]n4-c2cccc(Oc3ccc4c5ccccc5n(-c5cc(C(C)(C)C)ccn5)c4c3)c2)c([2H])c1[2H]. The minimum atomic E-state index is -0.668. The number of rotatable bonds is 6. The van der Waals surface area contributed by atoms with E-state index in [1.165, 1.54) is 12.1 Å². The van der Waals surface area contributed by atoms with Crippen LogP contribution >= 0.6 is 0 Å². The van der Waals surface area contributed by atoms with Gasteiger partial charge in [-0.25, -0.2) is 4.98 Å². The molecule has 9 aromatic carbocycles. The molecule has 0 amide bonds. The molecular weight excluding hydrogens is 841 g/mol. The van der Waals surface area contributed by atoms with Crippen molar-refractivity contribution in [1.82, 2.24) is 14.1 Å². The largest absolute Gasteiger partial charge is 0.458 e. The second-order valence-corrected chi connectivity index (χ2v) is 17.9. The molecule has 0 N–H and O–H groups in total. The molecular formula is C64H46N4O. The molecule has 0 fully saturated rings. The molecule has 0 spiro atoms. The molecule has 1 aliphatic rings. The monoisotopic (exact) mass is 900 g/mol. The highest BCUT2D eigenvalue weighted by Gasteiger charge is 2.28. The van der Waals surface area contributed by atoms with Crippen LogP contribution in [0.5, 0.6) is 11.5 Å². The lowest BCUT2D eigenvalue weighted by molar-refractivity contribution is -0.570. The number of hydrogen-bond donors (Lipinski definition) is 0. The molecule has 12 aromatic rings. The van der Waals surface area contributed by atoms with Gasteiger partial charge in [0.25, 0.3) is 6.33 Å². The van der Waals surface area contributed by atoms with Crippen molar-refractivity contribution in [2.24, 2.45) is 0 Å². The molecule has 3 aromatic heterocycles. The Morgan fingerprint density at radius 2 is 1.16 bits per heavy atom. The van der Waals surface area contributed by atoms with Gasteiger partial charge in [0, 0.05) is 28.6 Å². The molecule has 4 heterocycles. The second kappa shape index (κ2) is 15.9. The van der Waals surface area contributed by atoms with E-state index in [0.29, 0.717) is 44.9 Å². The molecule has 0 saturated carbocycles. The van der Waals surface area contributed by atoms with E-state index in [1.807, 2.05) is 91.1 Å². The Morgan fingerprint density at radius 3 is 1.96 bits per heavy atom. The summed E-state index contributed by atoms with van der Waals surface area (Å²) in [5.41, 5.74) is 4.82. The Kier molecular flexibility index (Phi) is 6.55. The maximum atomic E-state index is 9.89. The summed E-state index contributed by atoms with van der Waals surface area (Å²) >= 11 is 0. The van der Waals surface area contributed by atoms with E-state index in [1.54, 1.807) is 27.3 Å². The van der Waals surface area contributed by atoms with Crippen LogP contribution in [-0.4, -0.2) is 14.1 Å². The van der Waals surface area contributed by atoms with Gasteiger partial charge in [0.2, 0.25) is 0 Å². The Bertz CT molecular complexity index is 4770. The number of aromatic nitrogens is 4. The molecule has 5 heteroatoms. The average Bonchev–Trinajstić information content (AvgIpc) is 2.62. The summed E-state index contributed by atoms with van der Waals surface area (Å²) in [6, 6.07) is 32.5. The molecule has 1 aliphatic heterocycles. The number of ether oxygens (including phenoxy) is 1. The molecule has 0 bridgehead atoms. The quantitative estimate of drug-likeness (QED) is 0.123. The average molecular weight is 901 g/mol. The minimum Gasteiger partial charge on any atom is -0.458 e. The predicted molar refractivity (Wildman–Crippen MR) is 282 cm³/mol. The van der Waals surface area contributed by atoms with E-state index in [0.717, 1.165) is 33.2 Å². The zero-order valence-electron chi connectivity index (χ0n) is 51.5. The van der Waals surface area contributed by atoms with Gasteiger partial charge in [-0.15, -0.1) is 0 Å². The van der Waals surface area contributed by atoms with Crippen LogP contribution in [0, 0.1) is 6.33 Å². The van der Waals surface area contributed by atoms with E-state index in [9.17, 15) is 9.60 Å². The first-order valence-corrected chi connectivity index (χ1v) is 22.5. The Balaban J connectivity index is 1.12. The molecule has 328 valence electrons. The predicted octanol–water partition coefficient (Wildman–Crippen LogP) is 15.9. The summed E-state index contributed by atoms with van der Waals surface area (Å²) in [5.74, 6) is 1.73. The van der Waals surface area contributed by atoms with E-state index in [2.05, 4.69) is 49.9 Å². The fourth-order valence-corrected chi connectivity index (χ4v) is 9.71. The maximum absolute atomic E-state index is 9.89. The molecule has 0 unspecified atom stereocenters. The number of nitrogens with zero attached hydrogens (tertiary/aromatic N) is 4. The summed E-state index contributed by atoms with van der Waals surface area (Å²) < 4.78 is 140. The van der Waals surface area contributed by atoms with Gasteiger partial charge in [-0.3, -0.25) is 13.7 Å². The topological polar surface area (TPSA) is 35.9 Å². The van der Waals surface area contributed by atoms with Gasteiger partial charge >= 0.3 is 0 Å². The van der Waals surface area contributed by atoms with Crippen molar-refractivity contribution in [1.29, 1.82) is 0 Å². The third-order valence-electron chi connectivity index (χ3n) is 12.8. The zero-order chi connectivity index (χ0) is 58.4. The standard InChI is InChI=1S/C64H46N4O/c1-64(2,3)44-36-37-65-60(38-44)68-57-30-15-14-27-53(57)54-33-32-47(40-59(54)68)69-46-23-16-22-45(39-46)66-41-67-62-56(29-17-31-58(62)66)52-26-11-10-24-50(52)51-25-12-13-28-55(51)61-48(42-18-6-4-7-19-42)34-35-49(63(61)67)43-20-8-5-9-21-43/h4-40H,1-3H3/i4D,5D,6D,7D,8D,9D,12D,13D,18D,19D,20D,21D,25D,28D. The number of imidazole rings is 1. The van der Waals surface area contributed by atoms with Crippen LogP contribution in [0.25, 0.3) is 106 Å². The smallest absolute Gasteiger partial charge is 0.269 e. The number of benzene rings is 9. The Labute approximate surface area is 421 Å². The van der Waals surface area contributed by atoms with Gasteiger partial charge in [-0.05, 0) is 110 Å². The van der Waals surface area contributed by atoms with Crippen molar-refractivity contribution in [3.63, 3.8) is 0 Å². The Hall–Kier alpha value is -8.80. The van der Waals surface area contributed by atoms with E-state index in [-0.39, 0.29) is 50.0 Å². The zero-order valence-corrected chi connectivity index (χ0v) is 37.5. The van der Waals surface area contributed by atoms with Crippen LogP contribution in [0.1, 0.15) is 45.5 Å². The number of hydrogen-bond acceptors (Lipinski definition) is 2. The molecule has 0 radical (unpaired) electrons. The third kappa shape index (κ3) is 6.69. The summed E-state index contributed by atoms with van der Waals surface area (Å²) in [5, 5.41) is 2.05. The van der Waals surface area contributed by atoms with Gasteiger partial charge in [0.05, 0.1) is 52.6 Å². The van der Waals surface area contributed by atoms with E-state index in [4.69, 9.17) is 19.3 Å². The minimum absolute atomic E-state index is 0.00778. The normalized spacial score (nSPS) is 14.8. The van der Waals surface area contributed by atoms with Gasteiger partial charge in [-0.1, -0.05) is 184 Å². The van der Waals surface area contributed by atoms with Crippen molar-refractivity contribution >= 4 is 32.8 Å². The van der Waals surface area contributed by atoms with Crippen LogP contribution in [0.4, 0.5) is 0 Å². The summed E-state index contributed by atoms with van der Waals surface area (Å²) in [6.07, 6.45) is 5.38. The van der Waals surface area contributed by atoms with Crippen molar-refractivity contribution < 1.29 is 28.5 Å². The van der Waals surface area contributed by atoms with Crippen molar-refractivity contribution in [3.8, 4) is 84.3 Å². The van der Waals surface area contributed by atoms with Crippen LogP contribution < -0.4 is 9.30 Å². The highest BCUT2D eigenvalue weighted by Crippen LogP contribution is 2.48. The first-order valence-electron chi connectivity index (χ1n) is 29.5. The molecule has 13 rings (SSSR count). The number of para-hydroxylation sites is 2. The lowest BCUT2D eigenvalue weighted by atomic mass is 9.84. The van der Waals surface area contributed by atoms with E-state index < -0.39 is 84.6 Å². The first kappa shape index (κ1) is 28.4. The van der Waals surface area contributed by atoms with Crippen LogP contribution in [0.3, 0.4) is 0 Å². The lowest BCUT2D eigenvalue weighted by Gasteiger charge is -2.22. The summed E-state index contributed by atoms with van der Waals surface area (Å²) in [6.45, 7) is 6.49. The first-order chi connectivity index (χ1) is 39.7. The van der Waals surface area contributed by atoms with Crippen molar-refractivity contribution in [2.75, 3.05) is 0 Å². The highest BCUT2D eigenvalue weighted by molar-refractivity contribution is 6.10. The van der Waals surface area contributed by atoms with Crippen LogP contribution in [0.15, 0.2) is 224 Å². The van der Waals surface area contributed by atoms with Crippen molar-refractivity contribution in [2.45, 2.75) is 26.2 Å². The Morgan fingerprint density at radius 1 is 0.522 bits per heavy atom. The second-order valence-electron chi connectivity index (χ2n) is 17.9. The molecule has 0 atom stereocenters. The third-order valence-corrected chi connectivity index (χ3v) is 12.8. The summed E-state index contributed by atoms with van der Waals surface area (Å²) in [4.78, 5) is 4.85. The van der Waals surface area contributed by atoms with Gasteiger partial charge in [0.15, 0.2) is 0 Å². The maximum Gasteiger partial charge on any atom is 0.269 e. The number of pyridine rings is 1. The molecule has 5 nitrogen and oxygen atoms in total.